The van der Waals surface area contributed by atoms with Crippen LogP contribution in [0.1, 0.15) is 18.2 Å². The summed E-state index contributed by atoms with van der Waals surface area (Å²) in [6, 6.07) is 9.40. The van der Waals surface area contributed by atoms with Gasteiger partial charge >= 0.3 is 0 Å². The molecule has 0 radical (unpaired) electrons. The number of H-pyrrole nitrogens is 1. The van der Waals surface area contributed by atoms with Gasteiger partial charge < -0.3 is 9.72 Å². The number of aromatic nitrogens is 2. The molecule has 0 saturated heterocycles. The molecule has 0 unspecified atom stereocenters. The van der Waals surface area contributed by atoms with Crippen LogP contribution in [-0.4, -0.2) is 17.1 Å². The fraction of sp³-hybridized carbons (Fsp3) is 0.286. The largest absolute Gasteiger partial charge is 0.497 e. The van der Waals surface area contributed by atoms with Crippen molar-refractivity contribution in [2.45, 2.75) is 24.3 Å². The minimum absolute atomic E-state index is 0.0934. The summed E-state index contributed by atoms with van der Waals surface area (Å²) in [6.07, 6.45) is 0.764. The maximum Gasteiger partial charge on any atom is 0.251 e. The van der Waals surface area contributed by atoms with E-state index in [1.807, 2.05) is 31.2 Å². The Morgan fingerprint density at radius 3 is 2.68 bits per heavy atom. The molecule has 0 atom stereocenters. The lowest BCUT2D eigenvalue weighted by Gasteiger charge is -2.04. The highest BCUT2D eigenvalue weighted by molar-refractivity contribution is 7.98. The molecule has 1 aromatic heterocycles. The van der Waals surface area contributed by atoms with Crippen LogP contribution >= 0.6 is 11.8 Å². The van der Waals surface area contributed by atoms with Gasteiger partial charge in [0.15, 0.2) is 5.16 Å². The quantitative estimate of drug-likeness (QED) is 0.674. The van der Waals surface area contributed by atoms with E-state index in [-0.39, 0.29) is 5.56 Å². The van der Waals surface area contributed by atoms with Gasteiger partial charge in [-0.2, -0.15) is 0 Å². The Morgan fingerprint density at radius 1 is 1.32 bits per heavy atom. The van der Waals surface area contributed by atoms with Gasteiger partial charge in [0.1, 0.15) is 5.75 Å². The van der Waals surface area contributed by atoms with Crippen LogP contribution in [0.25, 0.3) is 0 Å². The number of methoxy groups -OCH3 is 1. The zero-order valence-electron chi connectivity index (χ0n) is 11.0. The molecule has 1 N–H and O–H groups in total. The van der Waals surface area contributed by atoms with Crippen LogP contribution in [0.4, 0.5) is 0 Å². The molecule has 0 spiro atoms. The Kier molecular flexibility index (Phi) is 4.63. The third-order valence-corrected chi connectivity index (χ3v) is 3.61. The summed E-state index contributed by atoms with van der Waals surface area (Å²) in [7, 11) is 1.65. The van der Waals surface area contributed by atoms with Crippen molar-refractivity contribution < 1.29 is 4.74 Å². The molecule has 5 heteroatoms. The third-order valence-electron chi connectivity index (χ3n) is 2.67. The van der Waals surface area contributed by atoms with Gasteiger partial charge in [0.25, 0.3) is 5.56 Å². The highest BCUT2D eigenvalue weighted by Gasteiger charge is 2.02. The van der Waals surface area contributed by atoms with E-state index in [1.54, 1.807) is 7.11 Å². The molecule has 2 aromatic rings. The standard InChI is InChI=1S/C14H16N2O2S/c1-3-11-8-13(17)16-14(15-11)19-9-10-4-6-12(18-2)7-5-10/h4-8H,3,9H2,1-2H3,(H,15,16,17). The summed E-state index contributed by atoms with van der Waals surface area (Å²) in [4.78, 5) is 18.6. The Labute approximate surface area is 116 Å². The Bertz CT molecular complexity index is 593. The molecule has 0 saturated carbocycles. The first-order valence-corrected chi connectivity index (χ1v) is 7.06. The molecule has 1 aromatic carbocycles. The molecule has 0 amide bonds. The Balaban J connectivity index is 2.05. The number of hydrogen-bond acceptors (Lipinski definition) is 4. The van der Waals surface area contributed by atoms with E-state index in [9.17, 15) is 4.79 Å². The van der Waals surface area contributed by atoms with Crippen molar-refractivity contribution in [3.63, 3.8) is 0 Å². The van der Waals surface area contributed by atoms with Gasteiger partial charge in [0, 0.05) is 17.5 Å². The highest BCUT2D eigenvalue weighted by Crippen LogP contribution is 2.20. The molecule has 4 nitrogen and oxygen atoms in total. The highest BCUT2D eigenvalue weighted by atomic mass is 32.2. The van der Waals surface area contributed by atoms with Crippen molar-refractivity contribution in [1.82, 2.24) is 9.97 Å². The lowest BCUT2D eigenvalue weighted by molar-refractivity contribution is 0.414. The number of rotatable bonds is 5. The van der Waals surface area contributed by atoms with Crippen molar-refractivity contribution in [3.05, 3.63) is 51.9 Å². The first-order valence-electron chi connectivity index (χ1n) is 6.07. The van der Waals surface area contributed by atoms with Gasteiger partial charge in [-0.05, 0) is 24.1 Å². The van der Waals surface area contributed by atoms with Crippen molar-refractivity contribution in [2.75, 3.05) is 7.11 Å². The molecule has 2 rings (SSSR count). The number of aryl methyl sites for hydroxylation is 1. The Hall–Kier alpha value is -1.75. The number of ether oxygens (including phenoxy) is 1. The minimum atomic E-state index is -0.0934. The lowest BCUT2D eigenvalue weighted by Crippen LogP contribution is -2.09. The summed E-state index contributed by atoms with van der Waals surface area (Å²) < 4.78 is 5.11. The van der Waals surface area contributed by atoms with E-state index in [4.69, 9.17) is 4.74 Å². The fourth-order valence-electron chi connectivity index (χ4n) is 1.61. The molecule has 0 aliphatic rings. The lowest BCUT2D eigenvalue weighted by atomic mass is 10.2. The second-order valence-electron chi connectivity index (χ2n) is 4.03. The van der Waals surface area contributed by atoms with Crippen LogP contribution in [0.3, 0.4) is 0 Å². The van der Waals surface area contributed by atoms with Gasteiger partial charge in [-0.15, -0.1) is 0 Å². The third kappa shape index (κ3) is 3.86. The molecule has 0 bridgehead atoms. The maximum atomic E-state index is 11.4. The van der Waals surface area contributed by atoms with Crippen LogP contribution < -0.4 is 10.3 Å². The minimum Gasteiger partial charge on any atom is -0.497 e. The SMILES string of the molecule is CCc1cc(=O)[nH]c(SCc2ccc(OC)cc2)n1. The number of hydrogen-bond donors (Lipinski definition) is 1. The number of benzene rings is 1. The molecule has 0 aliphatic carbocycles. The molecule has 0 fully saturated rings. The van der Waals surface area contributed by atoms with Crippen LogP contribution in [0, 0.1) is 0 Å². The summed E-state index contributed by atoms with van der Waals surface area (Å²) in [5.41, 5.74) is 1.89. The van der Waals surface area contributed by atoms with Crippen molar-refractivity contribution >= 4 is 11.8 Å². The molecular weight excluding hydrogens is 260 g/mol. The van der Waals surface area contributed by atoms with Gasteiger partial charge in [-0.1, -0.05) is 30.8 Å². The molecule has 100 valence electrons. The van der Waals surface area contributed by atoms with Gasteiger partial charge in [0.2, 0.25) is 0 Å². The van der Waals surface area contributed by atoms with E-state index in [1.165, 1.54) is 17.8 Å². The normalized spacial score (nSPS) is 10.4. The second-order valence-corrected chi connectivity index (χ2v) is 5.00. The van der Waals surface area contributed by atoms with E-state index in [2.05, 4.69) is 9.97 Å². The van der Waals surface area contributed by atoms with E-state index >= 15 is 0 Å². The van der Waals surface area contributed by atoms with Crippen LogP contribution in [0.2, 0.25) is 0 Å². The van der Waals surface area contributed by atoms with Gasteiger partial charge in [-0.3, -0.25) is 4.79 Å². The molecular formula is C14H16N2O2S. The summed E-state index contributed by atoms with van der Waals surface area (Å²) in [6.45, 7) is 1.99. The average molecular weight is 276 g/mol. The average Bonchev–Trinajstić information content (AvgIpc) is 2.45. The van der Waals surface area contributed by atoms with E-state index in [0.717, 1.165) is 29.2 Å². The van der Waals surface area contributed by atoms with Crippen molar-refractivity contribution in [1.29, 1.82) is 0 Å². The first kappa shape index (κ1) is 13.7. The number of aromatic amines is 1. The molecule has 1 heterocycles. The predicted molar refractivity (Wildman–Crippen MR) is 76.8 cm³/mol. The first-order chi connectivity index (χ1) is 9.21. The van der Waals surface area contributed by atoms with Crippen molar-refractivity contribution in [2.24, 2.45) is 0 Å². The van der Waals surface area contributed by atoms with Crippen LogP contribution in [-0.2, 0) is 12.2 Å². The number of nitrogens with one attached hydrogen (secondary N) is 1. The van der Waals surface area contributed by atoms with E-state index in [0.29, 0.717) is 5.16 Å². The Morgan fingerprint density at radius 2 is 2.05 bits per heavy atom. The zero-order chi connectivity index (χ0) is 13.7. The summed E-state index contributed by atoms with van der Waals surface area (Å²) in [5.74, 6) is 1.60. The topological polar surface area (TPSA) is 55.0 Å². The summed E-state index contributed by atoms with van der Waals surface area (Å²) in [5, 5.41) is 0.667. The number of thioether (sulfide) groups is 1. The second kappa shape index (κ2) is 6.43. The summed E-state index contributed by atoms with van der Waals surface area (Å²) >= 11 is 1.52. The van der Waals surface area contributed by atoms with Crippen LogP contribution in [0.15, 0.2) is 40.3 Å². The van der Waals surface area contributed by atoms with Crippen LogP contribution in [0.5, 0.6) is 5.75 Å². The monoisotopic (exact) mass is 276 g/mol. The molecule has 19 heavy (non-hydrogen) atoms. The van der Waals surface area contributed by atoms with E-state index < -0.39 is 0 Å². The smallest absolute Gasteiger partial charge is 0.251 e. The van der Waals surface area contributed by atoms with Crippen molar-refractivity contribution in [3.8, 4) is 5.75 Å². The maximum absolute atomic E-state index is 11.4. The molecule has 0 aliphatic heterocycles. The number of nitrogens with zero attached hydrogens (tertiary/aromatic N) is 1. The van der Waals surface area contributed by atoms with Gasteiger partial charge in [-0.25, -0.2) is 4.98 Å². The fourth-order valence-corrected chi connectivity index (χ4v) is 2.46. The predicted octanol–water partition coefficient (Wildman–Crippen LogP) is 2.63. The zero-order valence-corrected chi connectivity index (χ0v) is 11.8. The van der Waals surface area contributed by atoms with Gasteiger partial charge in [0.05, 0.1) is 7.11 Å².